The van der Waals surface area contributed by atoms with Crippen molar-refractivity contribution in [1.29, 1.82) is 0 Å². The van der Waals surface area contributed by atoms with Gasteiger partial charge in [-0.25, -0.2) is 9.97 Å². The molecule has 1 aromatic carbocycles. The highest BCUT2D eigenvalue weighted by atomic mass is 19.4. The number of amides is 2. The van der Waals surface area contributed by atoms with E-state index in [1.165, 1.54) is 0 Å². The second-order valence-electron chi connectivity index (χ2n) is 7.19. The quantitative estimate of drug-likeness (QED) is 0.536. The van der Waals surface area contributed by atoms with Crippen LogP contribution in [0.3, 0.4) is 0 Å². The van der Waals surface area contributed by atoms with Gasteiger partial charge in [0.05, 0.1) is 11.4 Å². The Balaban J connectivity index is 1.66. The Bertz CT molecular complexity index is 1100. The van der Waals surface area contributed by atoms with Crippen LogP contribution in [0.1, 0.15) is 28.3 Å². The molecule has 1 atom stereocenters. The van der Waals surface area contributed by atoms with Gasteiger partial charge in [-0.1, -0.05) is 0 Å². The second-order valence-corrected chi connectivity index (χ2v) is 7.19. The Morgan fingerprint density at radius 1 is 1.16 bits per heavy atom. The SMILES string of the molecule is NC(=O)/C(=C1\Nc2ccc(C(=O)N3CC[C@@H](N)C3)cc2N1)c1nccc(C(F)(F)F)n1. The summed E-state index contributed by atoms with van der Waals surface area (Å²) in [4.78, 5) is 33.6. The number of anilines is 2. The van der Waals surface area contributed by atoms with E-state index >= 15 is 0 Å². The fraction of sp³-hybridized carbons (Fsp3) is 0.263. The van der Waals surface area contributed by atoms with E-state index in [0.717, 1.165) is 12.6 Å². The molecule has 2 aliphatic heterocycles. The number of nitrogens with two attached hydrogens (primary N) is 2. The lowest BCUT2D eigenvalue weighted by molar-refractivity contribution is -0.141. The number of carbonyl (C=O) groups excluding carboxylic acids is 2. The van der Waals surface area contributed by atoms with E-state index in [4.69, 9.17) is 11.5 Å². The zero-order chi connectivity index (χ0) is 22.3. The van der Waals surface area contributed by atoms with Gasteiger partial charge < -0.3 is 27.0 Å². The molecule has 0 radical (unpaired) electrons. The number of benzene rings is 1. The number of nitrogens with zero attached hydrogens (tertiary/aromatic N) is 3. The van der Waals surface area contributed by atoms with Crippen molar-refractivity contribution in [2.24, 2.45) is 11.5 Å². The predicted octanol–water partition coefficient (Wildman–Crippen LogP) is 1.36. The van der Waals surface area contributed by atoms with Crippen molar-refractivity contribution in [1.82, 2.24) is 14.9 Å². The first-order valence-corrected chi connectivity index (χ1v) is 9.31. The average molecular weight is 433 g/mol. The van der Waals surface area contributed by atoms with E-state index in [2.05, 4.69) is 20.6 Å². The Labute approximate surface area is 174 Å². The zero-order valence-corrected chi connectivity index (χ0v) is 16.0. The predicted molar refractivity (Wildman–Crippen MR) is 105 cm³/mol. The van der Waals surface area contributed by atoms with Gasteiger partial charge in [-0.15, -0.1) is 0 Å². The molecule has 0 spiro atoms. The summed E-state index contributed by atoms with van der Waals surface area (Å²) in [6, 6.07) is 5.43. The minimum atomic E-state index is -4.71. The third-order valence-electron chi connectivity index (χ3n) is 4.96. The minimum absolute atomic E-state index is 0.0228. The maximum absolute atomic E-state index is 13.0. The van der Waals surface area contributed by atoms with Gasteiger partial charge in [-0.05, 0) is 30.7 Å². The van der Waals surface area contributed by atoms with Crippen molar-refractivity contribution in [3.8, 4) is 0 Å². The molecule has 0 bridgehead atoms. The number of aromatic nitrogens is 2. The molecule has 2 aromatic rings. The molecule has 2 amide bonds. The van der Waals surface area contributed by atoms with Crippen LogP contribution in [0.2, 0.25) is 0 Å². The molecule has 0 saturated carbocycles. The summed E-state index contributed by atoms with van der Waals surface area (Å²) in [6.45, 7) is 1.03. The molecular weight excluding hydrogens is 415 g/mol. The first kappa shape index (κ1) is 20.6. The second kappa shape index (κ2) is 7.54. The summed E-state index contributed by atoms with van der Waals surface area (Å²) in [5.74, 6) is -1.67. The van der Waals surface area contributed by atoms with Crippen LogP contribution in [0, 0.1) is 0 Å². The monoisotopic (exact) mass is 433 g/mol. The van der Waals surface area contributed by atoms with Gasteiger partial charge in [-0.3, -0.25) is 9.59 Å². The van der Waals surface area contributed by atoms with E-state index in [9.17, 15) is 22.8 Å². The Morgan fingerprint density at radius 3 is 2.55 bits per heavy atom. The van der Waals surface area contributed by atoms with E-state index in [1.54, 1.807) is 23.1 Å². The third-order valence-corrected chi connectivity index (χ3v) is 4.96. The first-order chi connectivity index (χ1) is 14.6. The van der Waals surface area contributed by atoms with Crippen LogP contribution < -0.4 is 22.1 Å². The van der Waals surface area contributed by atoms with Gasteiger partial charge in [0, 0.05) is 30.9 Å². The highest BCUT2D eigenvalue weighted by Crippen LogP contribution is 2.35. The van der Waals surface area contributed by atoms with Gasteiger partial charge in [0.2, 0.25) is 0 Å². The maximum Gasteiger partial charge on any atom is 0.433 e. The van der Waals surface area contributed by atoms with Crippen molar-refractivity contribution < 1.29 is 22.8 Å². The number of hydrogen-bond donors (Lipinski definition) is 4. The molecule has 1 aromatic heterocycles. The molecule has 12 heteroatoms. The summed E-state index contributed by atoms with van der Waals surface area (Å²) in [5.41, 5.74) is 11.1. The highest BCUT2D eigenvalue weighted by molar-refractivity contribution is 6.20. The summed E-state index contributed by atoms with van der Waals surface area (Å²) in [7, 11) is 0. The average Bonchev–Trinajstić information content (AvgIpc) is 3.32. The van der Waals surface area contributed by atoms with Crippen molar-refractivity contribution in [3.05, 3.63) is 53.4 Å². The fourth-order valence-corrected chi connectivity index (χ4v) is 3.45. The number of rotatable bonds is 3. The molecule has 162 valence electrons. The number of nitrogens with one attached hydrogen (secondary N) is 2. The van der Waals surface area contributed by atoms with E-state index in [1.807, 2.05) is 0 Å². The van der Waals surface area contributed by atoms with Crippen molar-refractivity contribution >= 4 is 28.8 Å². The summed E-state index contributed by atoms with van der Waals surface area (Å²) in [6.07, 6.45) is -3.09. The molecular formula is C19H18F3N7O2. The Morgan fingerprint density at radius 2 is 1.90 bits per heavy atom. The highest BCUT2D eigenvalue weighted by Gasteiger charge is 2.34. The molecule has 9 nitrogen and oxygen atoms in total. The molecule has 3 heterocycles. The lowest BCUT2D eigenvalue weighted by Crippen LogP contribution is -2.31. The van der Waals surface area contributed by atoms with Crippen LogP contribution in [0.15, 0.2) is 36.3 Å². The van der Waals surface area contributed by atoms with Gasteiger partial charge in [0.25, 0.3) is 11.8 Å². The van der Waals surface area contributed by atoms with Crippen molar-refractivity contribution in [2.75, 3.05) is 23.7 Å². The fourth-order valence-electron chi connectivity index (χ4n) is 3.45. The van der Waals surface area contributed by atoms with Gasteiger partial charge in [0.1, 0.15) is 17.1 Å². The van der Waals surface area contributed by atoms with Crippen LogP contribution in [-0.4, -0.2) is 45.8 Å². The number of hydrogen-bond acceptors (Lipinski definition) is 7. The topological polar surface area (TPSA) is 139 Å². The zero-order valence-electron chi connectivity index (χ0n) is 16.0. The molecule has 4 rings (SSSR count). The van der Waals surface area contributed by atoms with Crippen LogP contribution in [0.5, 0.6) is 0 Å². The van der Waals surface area contributed by atoms with E-state index in [0.29, 0.717) is 36.1 Å². The number of likely N-dealkylation sites (tertiary alicyclic amines) is 1. The first-order valence-electron chi connectivity index (χ1n) is 9.31. The molecule has 1 fully saturated rings. The summed E-state index contributed by atoms with van der Waals surface area (Å²) < 4.78 is 39.0. The smallest absolute Gasteiger partial charge is 0.365 e. The van der Waals surface area contributed by atoms with Crippen molar-refractivity contribution in [2.45, 2.75) is 18.6 Å². The van der Waals surface area contributed by atoms with Gasteiger partial charge >= 0.3 is 6.18 Å². The van der Waals surface area contributed by atoms with E-state index < -0.39 is 23.6 Å². The number of carbonyl (C=O) groups is 2. The lowest BCUT2D eigenvalue weighted by Gasteiger charge is -2.16. The lowest BCUT2D eigenvalue weighted by atomic mass is 10.1. The van der Waals surface area contributed by atoms with E-state index in [-0.39, 0.29) is 23.3 Å². The number of halogens is 3. The standard InChI is InChI=1S/C19H18F3N7O2/c20-19(21,22)13-3-5-25-16(28-13)14(15(24)30)17-26-11-2-1-9(7-12(11)27-17)18(31)29-6-4-10(23)8-29/h1-3,5,7,10,26-27H,4,6,8,23H2,(H2,24,30)/b17-14-/t10-/m1/s1. The normalized spacial score (nSPS) is 19.5. The molecule has 0 unspecified atom stereocenters. The summed E-state index contributed by atoms with van der Waals surface area (Å²) in [5, 5.41) is 5.76. The molecule has 6 N–H and O–H groups in total. The summed E-state index contributed by atoms with van der Waals surface area (Å²) >= 11 is 0. The largest absolute Gasteiger partial charge is 0.433 e. The van der Waals surface area contributed by atoms with Crippen LogP contribution in [-0.2, 0) is 11.0 Å². The van der Waals surface area contributed by atoms with Gasteiger partial charge in [0.15, 0.2) is 5.82 Å². The number of primary amides is 1. The minimum Gasteiger partial charge on any atom is -0.365 e. The number of alkyl halides is 3. The van der Waals surface area contributed by atoms with Gasteiger partial charge in [-0.2, -0.15) is 13.2 Å². The number of fused-ring (bicyclic) bond motifs is 1. The Hall–Kier alpha value is -3.67. The molecule has 0 aliphatic carbocycles. The van der Waals surface area contributed by atoms with Crippen molar-refractivity contribution in [3.63, 3.8) is 0 Å². The Kier molecular flexibility index (Phi) is 5.01. The molecule has 1 saturated heterocycles. The third kappa shape index (κ3) is 4.01. The maximum atomic E-state index is 13.0. The van der Waals surface area contributed by atoms with Crippen LogP contribution >= 0.6 is 0 Å². The van der Waals surface area contributed by atoms with Crippen LogP contribution in [0.4, 0.5) is 24.5 Å². The van der Waals surface area contributed by atoms with Crippen LogP contribution in [0.25, 0.3) is 5.57 Å². The molecule has 31 heavy (non-hydrogen) atoms. The molecule has 2 aliphatic rings.